The van der Waals surface area contributed by atoms with Gasteiger partial charge in [-0.05, 0) is 18.2 Å². The molecule has 0 aliphatic carbocycles. The van der Waals surface area contributed by atoms with E-state index in [1.54, 1.807) is 24.3 Å². The smallest absolute Gasteiger partial charge is 0.229 e. The van der Waals surface area contributed by atoms with Crippen LogP contribution in [0.4, 0.5) is 27.5 Å². The highest BCUT2D eigenvalue weighted by molar-refractivity contribution is 8.14. The number of nitrogens with one attached hydrogen (secondary N) is 1. The summed E-state index contributed by atoms with van der Waals surface area (Å²) in [5.41, 5.74) is 6.73. The third-order valence-electron chi connectivity index (χ3n) is 3.35. The number of hydrogen-bond donors (Lipinski definition) is 4. The molecule has 1 aliphatic heterocycles. The van der Waals surface area contributed by atoms with Crippen LogP contribution >= 0.6 is 11.8 Å². The van der Waals surface area contributed by atoms with E-state index in [4.69, 9.17) is 22.2 Å². The lowest BCUT2D eigenvalue weighted by Gasteiger charge is -2.28. The molecule has 0 amide bonds. The van der Waals surface area contributed by atoms with Gasteiger partial charge in [0.15, 0.2) is 11.6 Å². The second-order valence-electron chi connectivity index (χ2n) is 5.16. The molecule has 25 heavy (non-hydrogen) atoms. The molecule has 9 nitrogen and oxygen atoms in total. The Morgan fingerprint density at radius 3 is 2.88 bits per heavy atom. The largest absolute Gasteiger partial charge is 0.381 e. The molecule has 0 saturated carbocycles. The van der Waals surface area contributed by atoms with Gasteiger partial charge in [-0.25, -0.2) is 15.2 Å². The lowest BCUT2D eigenvalue weighted by Crippen LogP contribution is -2.40. The highest BCUT2D eigenvalue weighted by atomic mass is 32.2. The van der Waals surface area contributed by atoms with E-state index >= 15 is 0 Å². The Hall–Kier alpha value is -2.63. The Bertz CT molecular complexity index is 785. The van der Waals surface area contributed by atoms with Gasteiger partial charge in [0.2, 0.25) is 11.1 Å². The van der Waals surface area contributed by atoms with Gasteiger partial charge in [0.1, 0.15) is 0 Å². The summed E-state index contributed by atoms with van der Waals surface area (Å²) in [5, 5.41) is 8.81. The number of rotatable bonds is 4. The molecular weight excluding hydrogens is 347 g/mol. The van der Waals surface area contributed by atoms with Crippen molar-refractivity contribution in [2.75, 3.05) is 29.3 Å². The first-order valence-corrected chi connectivity index (χ1v) is 8.17. The van der Waals surface area contributed by atoms with E-state index in [0.717, 1.165) is 6.20 Å². The summed E-state index contributed by atoms with van der Waals surface area (Å²) in [6.45, 7) is 1.28. The molecule has 1 saturated heterocycles. The molecule has 0 radical (unpaired) electrons. The van der Waals surface area contributed by atoms with E-state index < -0.39 is 5.82 Å². The maximum atomic E-state index is 13.1. The van der Waals surface area contributed by atoms with Crippen LogP contribution in [0.15, 0.2) is 35.6 Å². The highest BCUT2D eigenvalue weighted by Gasteiger charge is 2.24. The van der Waals surface area contributed by atoms with Gasteiger partial charge in [-0.1, -0.05) is 17.8 Å². The SMILES string of the molecule is N/N=C(/SC1COC1)N(N)c1cccc(Nc2ncc(F)c(N)n2)c1. The molecule has 0 atom stereocenters. The number of halogens is 1. The maximum absolute atomic E-state index is 13.1. The van der Waals surface area contributed by atoms with Crippen molar-refractivity contribution in [2.45, 2.75) is 5.25 Å². The van der Waals surface area contributed by atoms with Crippen LogP contribution in [0.3, 0.4) is 0 Å². The fraction of sp³-hybridized carbons (Fsp3) is 0.214. The molecule has 11 heteroatoms. The van der Waals surface area contributed by atoms with Crippen LogP contribution in [0.2, 0.25) is 0 Å². The van der Waals surface area contributed by atoms with E-state index in [0.29, 0.717) is 29.8 Å². The number of aromatic nitrogens is 2. The first-order chi connectivity index (χ1) is 12.1. The van der Waals surface area contributed by atoms with Crippen molar-refractivity contribution >= 4 is 40.1 Å². The molecule has 1 aromatic heterocycles. The predicted octanol–water partition coefficient (Wildman–Crippen LogP) is 0.983. The zero-order valence-electron chi connectivity index (χ0n) is 13.1. The average Bonchev–Trinajstić information content (AvgIpc) is 2.57. The number of hydrazone groups is 1. The molecule has 7 N–H and O–H groups in total. The van der Waals surface area contributed by atoms with E-state index in [1.807, 2.05) is 0 Å². The summed E-state index contributed by atoms with van der Waals surface area (Å²) in [7, 11) is 0. The van der Waals surface area contributed by atoms with E-state index in [2.05, 4.69) is 20.4 Å². The summed E-state index contributed by atoms with van der Waals surface area (Å²) in [5.74, 6) is 10.8. The zero-order chi connectivity index (χ0) is 17.8. The van der Waals surface area contributed by atoms with Crippen molar-refractivity contribution in [1.29, 1.82) is 0 Å². The Morgan fingerprint density at radius 1 is 1.44 bits per heavy atom. The Labute approximate surface area is 147 Å². The fourth-order valence-electron chi connectivity index (χ4n) is 1.99. The van der Waals surface area contributed by atoms with Crippen LogP contribution in [-0.2, 0) is 4.74 Å². The lowest BCUT2D eigenvalue weighted by molar-refractivity contribution is 0.0459. The topological polar surface area (TPSA) is 141 Å². The van der Waals surface area contributed by atoms with Crippen LogP contribution in [0, 0.1) is 5.82 Å². The molecule has 0 unspecified atom stereocenters. The normalized spacial score (nSPS) is 14.9. The zero-order valence-corrected chi connectivity index (χ0v) is 13.9. The Kier molecular flexibility index (Phi) is 5.16. The van der Waals surface area contributed by atoms with Gasteiger partial charge >= 0.3 is 0 Å². The second kappa shape index (κ2) is 7.51. The van der Waals surface area contributed by atoms with Crippen LogP contribution in [0.5, 0.6) is 0 Å². The molecule has 132 valence electrons. The standard InChI is InChI=1S/C14H17FN8OS/c15-11-5-19-13(21-12(11)16)20-8-2-1-3-9(4-8)23(18)14(22-17)25-10-6-24-7-10/h1-5,10H,6-7,17-18H2,(H3,16,19,20,21)/b22-14+. The van der Waals surface area contributed by atoms with Crippen LogP contribution in [0.1, 0.15) is 0 Å². The van der Waals surface area contributed by atoms with E-state index in [1.165, 1.54) is 16.8 Å². The number of nitrogens with zero attached hydrogens (tertiary/aromatic N) is 4. The maximum Gasteiger partial charge on any atom is 0.229 e. The number of hydrogen-bond acceptors (Lipinski definition) is 9. The van der Waals surface area contributed by atoms with E-state index in [-0.39, 0.29) is 17.0 Å². The highest BCUT2D eigenvalue weighted by Crippen LogP contribution is 2.26. The number of amidine groups is 1. The van der Waals surface area contributed by atoms with Crippen molar-refractivity contribution in [3.05, 3.63) is 36.3 Å². The molecule has 2 aromatic rings. The van der Waals surface area contributed by atoms with Gasteiger partial charge in [-0.2, -0.15) is 10.1 Å². The van der Waals surface area contributed by atoms with Gasteiger partial charge < -0.3 is 21.6 Å². The van der Waals surface area contributed by atoms with Gasteiger partial charge in [0.05, 0.1) is 30.3 Å². The second-order valence-corrected chi connectivity index (χ2v) is 6.43. The number of nitrogens with two attached hydrogens (primary N) is 3. The third kappa shape index (κ3) is 4.07. The van der Waals surface area contributed by atoms with E-state index in [9.17, 15) is 4.39 Å². The Balaban J connectivity index is 1.74. The number of thioether (sulfide) groups is 1. The summed E-state index contributed by atoms with van der Waals surface area (Å²) >= 11 is 1.45. The molecule has 1 aliphatic rings. The van der Waals surface area contributed by atoms with Crippen molar-refractivity contribution in [1.82, 2.24) is 9.97 Å². The number of hydrazine groups is 1. The van der Waals surface area contributed by atoms with Crippen molar-refractivity contribution in [3.8, 4) is 0 Å². The van der Waals surface area contributed by atoms with Crippen molar-refractivity contribution in [2.24, 2.45) is 16.8 Å². The van der Waals surface area contributed by atoms with Crippen molar-refractivity contribution < 1.29 is 9.13 Å². The molecule has 0 spiro atoms. The average molecular weight is 364 g/mol. The minimum absolute atomic E-state index is 0.174. The molecule has 2 heterocycles. The fourth-order valence-corrected chi connectivity index (χ4v) is 2.90. The molecule has 1 fully saturated rings. The Morgan fingerprint density at radius 2 is 2.24 bits per heavy atom. The number of ether oxygens (including phenoxy) is 1. The van der Waals surface area contributed by atoms with Crippen molar-refractivity contribution in [3.63, 3.8) is 0 Å². The third-order valence-corrected chi connectivity index (χ3v) is 4.47. The minimum atomic E-state index is -0.673. The van der Waals surface area contributed by atoms with Crippen LogP contribution in [0.25, 0.3) is 0 Å². The lowest BCUT2D eigenvalue weighted by atomic mass is 10.3. The van der Waals surface area contributed by atoms with Gasteiger partial charge in [-0.3, -0.25) is 5.01 Å². The number of benzene rings is 1. The molecule has 0 bridgehead atoms. The molecule has 1 aromatic carbocycles. The summed E-state index contributed by atoms with van der Waals surface area (Å²) in [6.07, 6.45) is 1.00. The van der Waals surface area contributed by atoms with Gasteiger partial charge in [0, 0.05) is 5.69 Å². The molecule has 3 rings (SSSR count). The monoisotopic (exact) mass is 364 g/mol. The summed E-state index contributed by atoms with van der Waals surface area (Å²) in [4.78, 5) is 7.66. The predicted molar refractivity (Wildman–Crippen MR) is 96.6 cm³/mol. The first-order valence-electron chi connectivity index (χ1n) is 7.29. The van der Waals surface area contributed by atoms with Gasteiger partial charge in [0.25, 0.3) is 0 Å². The summed E-state index contributed by atoms with van der Waals surface area (Å²) < 4.78 is 18.3. The minimum Gasteiger partial charge on any atom is -0.381 e. The summed E-state index contributed by atoms with van der Waals surface area (Å²) in [6, 6.07) is 7.13. The number of nitrogen functional groups attached to an aromatic ring is 1. The first kappa shape index (κ1) is 17.2. The quantitative estimate of drug-likeness (QED) is 0.270. The van der Waals surface area contributed by atoms with Crippen LogP contribution in [-0.4, -0.2) is 33.6 Å². The van der Waals surface area contributed by atoms with Gasteiger partial charge in [-0.15, -0.1) is 0 Å². The van der Waals surface area contributed by atoms with Crippen LogP contribution < -0.4 is 27.7 Å². The molecular formula is C14H17FN8OS. The number of anilines is 4.